The van der Waals surface area contributed by atoms with Gasteiger partial charge in [0.15, 0.2) is 11.5 Å². The molecule has 0 spiro atoms. The molecule has 0 amide bonds. The van der Waals surface area contributed by atoms with Gasteiger partial charge in [-0.3, -0.25) is 4.79 Å². The van der Waals surface area contributed by atoms with Gasteiger partial charge in [0.05, 0.1) is 6.61 Å². The summed E-state index contributed by atoms with van der Waals surface area (Å²) in [5, 5.41) is 9.09. The Balaban J connectivity index is 2.82. The van der Waals surface area contributed by atoms with E-state index in [9.17, 15) is 4.79 Å². The monoisotopic (exact) mass is 196 g/mol. The van der Waals surface area contributed by atoms with E-state index in [4.69, 9.17) is 9.84 Å². The van der Waals surface area contributed by atoms with Crippen molar-refractivity contribution in [2.45, 2.75) is 32.3 Å². The van der Waals surface area contributed by atoms with Crippen LogP contribution in [-0.4, -0.2) is 23.1 Å². The molecule has 0 aliphatic heterocycles. The van der Waals surface area contributed by atoms with Crippen molar-refractivity contribution >= 4 is 5.78 Å². The lowest BCUT2D eigenvalue weighted by Crippen LogP contribution is -2.31. The first kappa shape index (κ1) is 11.0. The largest absolute Gasteiger partial charge is 0.477 e. The average Bonchev–Trinajstić information content (AvgIpc) is 2.49. The Hall–Kier alpha value is -1.09. The second-order valence-corrected chi connectivity index (χ2v) is 3.81. The summed E-state index contributed by atoms with van der Waals surface area (Å²) >= 11 is 0. The maximum absolute atomic E-state index is 11.4. The summed E-state index contributed by atoms with van der Waals surface area (Å²) < 4.78 is 5.48. The highest BCUT2D eigenvalue weighted by atomic mass is 16.5. The van der Waals surface area contributed by atoms with Gasteiger partial charge in [-0.1, -0.05) is 6.58 Å². The molecular weight excluding hydrogens is 180 g/mol. The number of hydrogen-bond donors (Lipinski definition) is 1. The van der Waals surface area contributed by atoms with Crippen molar-refractivity contribution in [2.24, 2.45) is 0 Å². The van der Waals surface area contributed by atoms with E-state index in [2.05, 4.69) is 6.58 Å². The van der Waals surface area contributed by atoms with Crippen LogP contribution in [0.4, 0.5) is 0 Å². The maximum atomic E-state index is 11.4. The van der Waals surface area contributed by atoms with Crippen molar-refractivity contribution < 1.29 is 14.6 Å². The number of ketones is 1. The molecule has 0 aromatic heterocycles. The number of Topliss-reactive ketones (excluding diaryl/α,β-unsaturated/α-hetero) is 1. The minimum Gasteiger partial charge on any atom is -0.477 e. The maximum Gasteiger partial charge on any atom is 0.197 e. The third-order valence-corrected chi connectivity index (χ3v) is 2.45. The summed E-state index contributed by atoms with van der Waals surface area (Å²) in [4.78, 5) is 11.4. The molecular formula is C11H16O3. The summed E-state index contributed by atoms with van der Waals surface area (Å²) in [6.07, 6.45) is 2.78. The van der Waals surface area contributed by atoms with Crippen LogP contribution in [0.1, 0.15) is 26.7 Å². The molecule has 0 fully saturated rings. The van der Waals surface area contributed by atoms with Crippen molar-refractivity contribution in [3.8, 4) is 0 Å². The second-order valence-electron chi connectivity index (χ2n) is 3.81. The van der Waals surface area contributed by atoms with Gasteiger partial charge in [0.25, 0.3) is 0 Å². The molecule has 1 atom stereocenters. The molecule has 14 heavy (non-hydrogen) atoms. The first-order chi connectivity index (χ1) is 6.52. The van der Waals surface area contributed by atoms with Gasteiger partial charge < -0.3 is 9.84 Å². The Bertz CT molecular complexity index is 291. The number of carbonyl (C=O) groups is 1. The van der Waals surface area contributed by atoms with Gasteiger partial charge in [-0.05, 0) is 31.9 Å². The quantitative estimate of drug-likeness (QED) is 0.694. The van der Waals surface area contributed by atoms with Crippen molar-refractivity contribution in [1.82, 2.24) is 0 Å². The van der Waals surface area contributed by atoms with E-state index in [0.717, 1.165) is 12.0 Å². The molecule has 0 aromatic carbocycles. The molecule has 3 heteroatoms. The number of aliphatic hydroxyl groups excluding tert-OH is 1. The summed E-state index contributed by atoms with van der Waals surface area (Å²) in [6.45, 7) is 6.97. The predicted molar refractivity (Wildman–Crippen MR) is 53.7 cm³/mol. The Morgan fingerprint density at radius 3 is 2.64 bits per heavy atom. The molecule has 0 bridgehead atoms. The van der Waals surface area contributed by atoms with E-state index < -0.39 is 5.60 Å². The van der Waals surface area contributed by atoms with Crippen LogP contribution >= 0.6 is 0 Å². The minimum absolute atomic E-state index is 0.0176. The van der Waals surface area contributed by atoms with E-state index in [1.807, 2.05) is 6.92 Å². The number of carbonyl (C=O) groups excluding carboxylic acids is 1. The van der Waals surface area contributed by atoms with Gasteiger partial charge in [0.2, 0.25) is 0 Å². The fourth-order valence-corrected chi connectivity index (χ4v) is 1.28. The molecule has 0 aromatic rings. The fraction of sp³-hybridized carbons (Fsp3) is 0.545. The lowest BCUT2D eigenvalue weighted by Gasteiger charge is -2.25. The van der Waals surface area contributed by atoms with Gasteiger partial charge in [0, 0.05) is 6.42 Å². The molecule has 1 aliphatic carbocycles. The highest BCUT2D eigenvalue weighted by Gasteiger charge is 2.29. The lowest BCUT2D eigenvalue weighted by atomic mass is 10.1. The van der Waals surface area contributed by atoms with Crippen LogP contribution in [0.15, 0.2) is 24.0 Å². The number of hydrogen-bond acceptors (Lipinski definition) is 3. The number of allylic oxidation sites excluding steroid dienone is 2. The van der Waals surface area contributed by atoms with Gasteiger partial charge in [-0.15, -0.1) is 0 Å². The Kier molecular flexibility index (Phi) is 3.11. The zero-order chi connectivity index (χ0) is 10.8. The number of rotatable bonds is 4. The first-order valence-electron chi connectivity index (χ1n) is 4.69. The summed E-state index contributed by atoms with van der Waals surface area (Å²) in [5.41, 5.74) is 0.105. The highest BCUT2D eigenvalue weighted by molar-refractivity contribution is 5.96. The Morgan fingerprint density at radius 2 is 2.29 bits per heavy atom. The molecule has 0 saturated carbocycles. The van der Waals surface area contributed by atoms with Crippen LogP contribution in [-0.2, 0) is 9.53 Å². The molecule has 3 nitrogen and oxygen atoms in total. The van der Waals surface area contributed by atoms with E-state index in [1.54, 1.807) is 6.92 Å². The zero-order valence-electron chi connectivity index (χ0n) is 8.67. The fourth-order valence-electron chi connectivity index (χ4n) is 1.28. The SMILES string of the molecule is C=C[C@@](C)(CO)OC1=C(C)CCC1=O. The topological polar surface area (TPSA) is 46.5 Å². The van der Waals surface area contributed by atoms with Crippen LogP contribution in [0.5, 0.6) is 0 Å². The van der Waals surface area contributed by atoms with Crippen LogP contribution in [0, 0.1) is 0 Å². The van der Waals surface area contributed by atoms with E-state index in [1.165, 1.54) is 6.08 Å². The smallest absolute Gasteiger partial charge is 0.197 e. The van der Waals surface area contributed by atoms with E-state index in [0.29, 0.717) is 12.2 Å². The van der Waals surface area contributed by atoms with Crippen LogP contribution in [0.3, 0.4) is 0 Å². The van der Waals surface area contributed by atoms with Crippen molar-refractivity contribution in [3.63, 3.8) is 0 Å². The number of ether oxygens (including phenoxy) is 1. The van der Waals surface area contributed by atoms with Crippen LogP contribution in [0.2, 0.25) is 0 Å². The normalized spacial score (nSPS) is 20.9. The summed E-state index contributed by atoms with van der Waals surface area (Å²) in [7, 11) is 0. The van der Waals surface area contributed by atoms with E-state index in [-0.39, 0.29) is 12.4 Å². The van der Waals surface area contributed by atoms with Crippen molar-refractivity contribution in [2.75, 3.05) is 6.61 Å². The molecule has 1 N–H and O–H groups in total. The highest BCUT2D eigenvalue weighted by Crippen LogP contribution is 2.27. The summed E-state index contributed by atoms with van der Waals surface area (Å²) in [6, 6.07) is 0. The third-order valence-electron chi connectivity index (χ3n) is 2.45. The van der Waals surface area contributed by atoms with Crippen molar-refractivity contribution in [3.05, 3.63) is 24.0 Å². The van der Waals surface area contributed by atoms with Gasteiger partial charge in [-0.2, -0.15) is 0 Å². The molecule has 0 saturated heterocycles. The molecule has 0 unspecified atom stereocenters. The molecule has 1 rings (SSSR count). The van der Waals surface area contributed by atoms with Gasteiger partial charge in [0.1, 0.15) is 5.60 Å². The molecule has 0 radical (unpaired) electrons. The predicted octanol–water partition coefficient (Wildman–Crippen LogP) is 1.58. The minimum atomic E-state index is -0.851. The van der Waals surface area contributed by atoms with Gasteiger partial charge in [-0.25, -0.2) is 0 Å². The van der Waals surface area contributed by atoms with Crippen LogP contribution in [0.25, 0.3) is 0 Å². The number of aliphatic hydroxyl groups is 1. The second kappa shape index (κ2) is 3.96. The zero-order valence-corrected chi connectivity index (χ0v) is 8.67. The van der Waals surface area contributed by atoms with Gasteiger partial charge >= 0.3 is 0 Å². The molecule has 78 valence electrons. The molecule has 0 heterocycles. The third kappa shape index (κ3) is 2.04. The van der Waals surface area contributed by atoms with Crippen molar-refractivity contribution in [1.29, 1.82) is 0 Å². The lowest BCUT2D eigenvalue weighted by molar-refractivity contribution is -0.120. The average molecular weight is 196 g/mol. The summed E-state index contributed by atoms with van der Waals surface area (Å²) in [5.74, 6) is 0.422. The molecule has 1 aliphatic rings. The Labute approximate surface area is 84.1 Å². The van der Waals surface area contributed by atoms with E-state index >= 15 is 0 Å². The first-order valence-corrected chi connectivity index (χ1v) is 4.69. The standard InChI is InChI=1S/C11H16O3/c1-4-11(3,7-12)14-10-8(2)5-6-9(10)13/h4,12H,1,5-7H2,2-3H3/t11-/m0/s1. The Morgan fingerprint density at radius 1 is 1.64 bits per heavy atom. The van der Waals surface area contributed by atoms with Crippen LogP contribution < -0.4 is 0 Å².